The topological polar surface area (TPSA) is 28.9 Å². The summed E-state index contributed by atoms with van der Waals surface area (Å²) < 4.78 is 38.3. The Bertz CT molecular complexity index is 919. The maximum Gasteiger partial charge on any atom is 0.126 e. The van der Waals surface area contributed by atoms with Gasteiger partial charge in [-0.3, -0.25) is 9.80 Å². The molecule has 2 heterocycles. The van der Waals surface area contributed by atoms with E-state index in [0.29, 0.717) is 6.61 Å². The van der Waals surface area contributed by atoms with Crippen LogP contribution in [-0.4, -0.2) is 55.7 Å². The molecule has 1 aliphatic heterocycles. The highest BCUT2D eigenvalue weighted by Gasteiger charge is 2.18. The third-order valence-electron chi connectivity index (χ3n) is 5.69. The summed E-state index contributed by atoms with van der Waals surface area (Å²) in [6.45, 7) is 6.23. The molecule has 4 rings (SSSR count). The van der Waals surface area contributed by atoms with Crippen LogP contribution < -0.4 is 0 Å². The Labute approximate surface area is 187 Å². The van der Waals surface area contributed by atoms with Crippen LogP contribution in [0.3, 0.4) is 0 Å². The Morgan fingerprint density at radius 1 is 0.844 bits per heavy atom. The van der Waals surface area contributed by atoms with Crippen LogP contribution >= 0.6 is 0 Å². The molecule has 0 atom stereocenters. The molecule has 0 bridgehead atoms. The Kier molecular flexibility index (Phi) is 7.82. The molecule has 1 aromatic heterocycles. The molecule has 32 heavy (non-hydrogen) atoms. The van der Waals surface area contributed by atoms with Crippen molar-refractivity contribution < 1.29 is 17.9 Å². The SMILES string of the molecule is Fc1ccc(C(OCCN2CCN(C/C=C/c3ccco3)CC2)c2ccc(F)cc2)cc1. The van der Waals surface area contributed by atoms with Crippen molar-refractivity contribution in [3.8, 4) is 0 Å². The first kappa shape index (κ1) is 22.4. The zero-order valence-electron chi connectivity index (χ0n) is 18.0. The van der Waals surface area contributed by atoms with Crippen molar-refractivity contribution in [1.29, 1.82) is 0 Å². The van der Waals surface area contributed by atoms with E-state index in [9.17, 15) is 8.78 Å². The van der Waals surface area contributed by atoms with Gasteiger partial charge in [-0.05, 0) is 53.6 Å². The predicted octanol–water partition coefficient (Wildman–Crippen LogP) is 4.99. The molecule has 4 nitrogen and oxygen atoms in total. The molecule has 0 aliphatic carbocycles. The van der Waals surface area contributed by atoms with Gasteiger partial charge < -0.3 is 9.15 Å². The van der Waals surface area contributed by atoms with E-state index in [0.717, 1.165) is 56.2 Å². The zero-order valence-corrected chi connectivity index (χ0v) is 18.0. The summed E-state index contributed by atoms with van der Waals surface area (Å²) in [6, 6.07) is 16.4. The second-order valence-electron chi connectivity index (χ2n) is 7.91. The summed E-state index contributed by atoms with van der Waals surface area (Å²) in [4.78, 5) is 4.80. The number of hydrogen-bond donors (Lipinski definition) is 0. The molecule has 6 heteroatoms. The number of ether oxygens (including phenoxy) is 1. The molecule has 0 N–H and O–H groups in total. The number of rotatable bonds is 9. The Morgan fingerprint density at radius 3 is 2.00 bits per heavy atom. The summed E-state index contributed by atoms with van der Waals surface area (Å²) >= 11 is 0. The van der Waals surface area contributed by atoms with E-state index in [1.165, 1.54) is 24.3 Å². The van der Waals surface area contributed by atoms with Crippen LogP contribution in [0.15, 0.2) is 77.4 Å². The van der Waals surface area contributed by atoms with Crippen molar-refractivity contribution in [3.63, 3.8) is 0 Å². The van der Waals surface area contributed by atoms with E-state index in [1.807, 2.05) is 18.2 Å². The summed E-state index contributed by atoms with van der Waals surface area (Å²) in [5.41, 5.74) is 1.71. The fraction of sp³-hybridized carbons (Fsp3) is 0.308. The number of piperazine rings is 1. The molecule has 1 aliphatic rings. The van der Waals surface area contributed by atoms with Crippen molar-refractivity contribution in [2.24, 2.45) is 0 Å². The van der Waals surface area contributed by atoms with E-state index in [2.05, 4.69) is 15.9 Å². The van der Waals surface area contributed by atoms with Crippen LogP contribution in [0.1, 0.15) is 23.0 Å². The lowest BCUT2D eigenvalue weighted by Crippen LogP contribution is -2.47. The molecular weight excluding hydrogens is 410 g/mol. The average Bonchev–Trinajstić information content (AvgIpc) is 3.33. The maximum absolute atomic E-state index is 13.4. The highest BCUT2D eigenvalue weighted by atomic mass is 19.1. The first-order valence-electron chi connectivity index (χ1n) is 10.9. The van der Waals surface area contributed by atoms with E-state index >= 15 is 0 Å². The van der Waals surface area contributed by atoms with E-state index in [1.54, 1.807) is 30.5 Å². The summed E-state index contributed by atoms with van der Waals surface area (Å²) in [5.74, 6) is 0.296. The summed E-state index contributed by atoms with van der Waals surface area (Å²) in [7, 11) is 0. The van der Waals surface area contributed by atoms with Gasteiger partial charge in [-0.25, -0.2) is 8.78 Å². The smallest absolute Gasteiger partial charge is 0.126 e. The zero-order chi connectivity index (χ0) is 22.2. The molecule has 0 unspecified atom stereocenters. The molecule has 0 spiro atoms. The fourth-order valence-corrected chi connectivity index (χ4v) is 3.86. The molecule has 3 aromatic rings. The minimum atomic E-state index is -0.357. The molecule has 0 saturated carbocycles. The van der Waals surface area contributed by atoms with Gasteiger partial charge in [0.25, 0.3) is 0 Å². The average molecular weight is 439 g/mol. The summed E-state index contributed by atoms with van der Waals surface area (Å²) in [6.07, 6.45) is 5.46. The Morgan fingerprint density at radius 2 is 1.44 bits per heavy atom. The first-order chi connectivity index (χ1) is 15.7. The molecule has 1 fully saturated rings. The lowest BCUT2D eigenvalue weighted by Gasteiger charge is -2.34. The molecule has 168 valence electrons. The van der Waals surface area contributed by atoms with Crippen LogP contribution in [0.5, 0.6) is 0 Å². The van der Waals surface area contributed by atoms with Gasteiger partial charge in [0.15, 0.2) is 0 Å². The molecule has 2 aromatic carbocycles. The lowest BCUT2D eigenvalue weighted by atomic mass is 10.0. The van der Waals surface area contributed by atoms with E-state index in [4.69, 9.17) is 9.15 Å². The standard InChI is InChI=1S/C26H28F2N2O2/c27-23-9-5-21(6-10-23)26(22-7-11-24(28)12-8-22)32-20-18-30-16-14-29(15-17-30)13-1-3-25-4-2-19-31-25/h1-12,19,26H,13-18,20H2/b3-1+. The highest BCUT2D eigenvalue weighted by molar-refractivity contribution is 5.42. The third-order valence-corrected chi connectivity index (χ3v) is 5.69. The highest BCUT2D eigenvalue weighted by Crippen LogP contribution is 2.26. The van der Waals surface area contributed by atoms with Crippen LogP contribution in [-0.2, 0) is 4.74 Å². The Balaban J connectivity index is 1.26. The van der Waals surface area contributed by atoms with Crippen LogP contribution in [0.2, 0.25) is 0 Å². The third kappa shape index (κ3) is 6.36. The van der Waals surface area contributed by atoms with Crippen molar-refractivity contribution in [2.45, 2.75) is 6.10 Å². The van der Waals surface area contributed by atoms with Crippen molar-refractivity contribution in [1.82, 2.24) is 9.80 Å². The normalized spacial score (nSPS) is 15.7. The number of nitrogens with zero attached hydrogens (tertiary/aromatic N) is 2. The predicted molar refractivity (Wildman–Crippen MR) is 121 cm³/mol. The van der Waals surface area contributed by atoms with Gasteiger partial charge in [-0.2, -0.15) is 0 Å². The minimum absolute atomic E-state index is 0.288. The fourth-order valence-electron chi connectivity index (χ4n) is 3.86. The van der Waals surface area contributed by atoms with Crippen molar-refractivity contribution in [2.75, 3.05) is 45.9 Å². The molecule has 1 saturated heterocycles. The quantitative estimate of drug-likeness (QED) is 0.470. The number of halogens is 2. The second-order valence-corrected chi connectivity index (χ2v) is 7.91. The van der Waals surface area contributed by atoms with Crippen molar-refractivity contribution in [3.05, 3.63) is 102 Å². The van der Waals surface area contributed by atoms with Gasteiger partial charge in [0.2, 0.25) is 0 Å². The number of benzene rings is 2. The number of hydrogen-bond acceptors (Lipinski definition) is 4. The van der Waals surface area contributed by atoms with Gasteiger partial charge in [-0.15, -0.1) is 0 Å². The van der Waals surface area contributed by atoms with Crippen LogP contribution in [0, 0.1) is 11.6 Å². The van der Waals surface area contributed by atoms with Gasteiger partial charge in [0.1, 0.15) is 23.5 Å². The minimum Gasteiger partial charge on any atom is -0.465 e. The molecular formula is C26H28F2N2O2. The largest absolute Gasteiger partial charge is 0.465 e. The van der Waals surface area contributed by atoms with Crippen LogP contribution in [0.25, 0.3) is 6.08 Å². The van der Waals surface area contributed by atoms with Gasteiger partial charge in [0, 0.05) is 39.3 Å². The van der Waals surface area contributed by atoms with Crippen LogP contribution in [0.4, 0.5) is 8.78 Å². The van der Waals surface area contributed by atoms with Gasteiger partial charge >= 0.3 is 0 Å². The van der Waals surface area contributed by atoms with Gasteiger partial charge in [-0.1, -0.05) is 30.3 Å². The van der Waals surface area contributed by atoms with Crippen molar-refractivity contribution >= 4 is 6.08 Å². The monoisotopic (exact) mass is 438 g/mol. The maximum atomic E-state index is 13.4. The Hall–Kier alpha value is -2.80. The number of furan rings is 1. The molecule has 0 amide bonds. The van der Waals surface area contributed by atoms with Gasteiger partial charge in [0.05, 0.1) is 12.9 Å². The first-order valence-corrected chi connectivity index (χ1v) is 10.9. The summed E-state index contributed by atoms with van der Waals surface area (Å²) in [5, 5.41) is 0. The van der Waals surface area contributed by atoms with E-state index < -0.39 is 0 Å². The van der Waals surface area contributed by atoms with E-state index in [-0.39, 0.29) is 17.7 Å². The second kappa shape index (κ2) is 11.2. The molecule has 0 radical (unpaired) electrons. The lowest BCUT2D eigenvalue weighted by molar-refractivity contribution is 0.0467.